The molecule has 0 bridgehead atoms. The third-order valence-corrected chi connectivity index (χ3v) is 4.31. The van der Waals surface area contributed by atoms with Gasteiger partial charge in [-0.15, -0.1) is 0 Å². The number of esters is 1. The van der Waals surface area contributed by atoms with Crippen molar-refractivity contribution in [3.63, 3.8) is 0 Å². The van der Waals surface area contributed by atoms with Gasteiger partial charge in [0.2, 0.25) is 0 Å². The zero-order valence-electron chi connectivity index (χ0n) is 15.8. The molecule has 0 atom stereocenters. The first-order valence-electron chi connectivity index (χ1n) is 9.03. The van der Waals surface area contributed by atoms with Crippen molar-refractivity contribution in [2.24, 2.45) is 0 Å². The first-order chi connectivity index (χ1) is 12.4. The van der Waals surface area contributed by atoms with Crippen molar-refractivity contribution in [2.75, 3.05) is 19.8 Å². The molecule has 0 aromatic heterocycles. The number of carboxylic acid groups (broad SMARTS) is 1. The second-order valence-corrected chi connectivity index (χ2v) is 6.47. The standard InChI is InChI=1S/C20H30O6/c1-4-24-13-14-25-12-8-9-16(2)19(23)26-20(10-6-5-7-11-20)15-17(3)18(21)22/h4,9,15H,1,5-8,10-14H2,2-3H3,(H,21,22). The van der Waals surface area contributed by atoms with Crippen LogP contribution in [0.4, 0.5) is 0 Å². The maximum atomic E-state index is 12.4. The number of hydrogen-bond acceptors (Lipinski definition) is 5. The van der Waals surface area contributed by atoms with Crippen molar-refractivity contribution >= 4 is 11.9 Å². The van der Waals surface area contributed by atoms with Gasteiger partial charge < -0.3 is 19.3 Å². The molecule has 0 unspecified atom stereocenters. The van der Waals surface area contributed by atoms with Crippen LogP contribution in [0, 0.1) is 0 Å². The fourth-order valence-corrected chi connectivity index (χ4v) is 2.88. The molecule has 0 heterocycles. The molecule has 0 amide bonds. The maximum absolute atomic E-state index is 12.4. The summed E-state index contributed by atoms with van der Waals surface area (Å²) in [6.07, 6.45) is 9.55. The SMILES string of the molecule is C=COCCOCCC=C(C)C(=O)OC1(C=C(C)C(=O)O)CCCCC1. The van der Waals surface area contributed by atoms with E-state index in [1.54, 1.807) is 19.1 Å². The Morgan fingerprint density at radius 3 is 2.38 bits per heavy atom. The monoisotopic (exact) mass is 366 g/mol. The van der Waals surface area contributed by atoms with E-state index in [0.29, 0.717) is 44.7 Å². The number of rotatable bonds is 11. The van der Waals surface area contributed by atoms with Crippen LogP contribution in [-0.2, 0) is 23.8 Å². The Bertz CT molecular complexity index is 541. The average molecular weight is 366 g/mol. The largest absolute Gasteiger partial charge is 0.499 e. The van der Waals surface area contributed by atoms with Gasteiger partial charge in [-0.3, -0.25) is 0 Å². The quantitative estimate of drug-likeness (QED) is 0.259. The van der Waals surface area contributed by atoms with Gasteiger partial charge in [0.25, 0.3) is 0 Å². The lowest BCUT2D eigenvalue weighted by Crippen LogP contribution is -2.36. The molecule has 1 saturated carbocycles. The van der Waals surface area contributed by atoms with Crippen LogP contribution in [0.25, 0.3) is 0 Å². The number of carboxylic acids is 1. The van der Waals surface area contributed by atoms with Gasteiger partial charge in [0.05, 0.1) is 19.5 Å². The molecule has 6 nitrogen and oxygen atoms in total. The summed E-state index contributed by atoms with van der Waals surface area (Å²) in [5.74, 6) is -1.40. The highest BCUT2D eigenvalue weighted by Gasteiger charge is 2.35. The number of ether oxygens (including phenoxy) is 3. The van der Waals surface area contributed by atoms with Crippen LogP contribution in [-0.4, -0.2) is 42.5 Å². The van der Waals surface area contributed by atoms with E-state index >= 15 is 0 Å². The Hall–Kier alpha value is -2.08. The number of carbonyl (C=O) groups excluding carboxylic acids is 1. The van der Waals surface area contributed by atoms with Crippen LogP contribution in [0.15, 0.2) is 36.1 Å². The second-order valence-electron chi connectivity index (χ2n) is 6.47. The minimum absolute atomic E-state index is 0.205. The Labute approximate surface area is 155 Å². The Morgan fingerprint density at radius 1 is 1.08 bits per heavy atom. The third-order valence-electron chi connectivity index (χ3n) is 4.31. The highest BCUT2D eigenvalue weighted by Crippen LogP contribution is 2.34. The van der Waals surface area contributed by atoms with Crippen LogP contribution < -0.4 is 0 Å². The zero-order chi connectivity index (χ0) is 19.4. The molecule has 1 rings (SSSR count). The summed E-state index contributed by atoms with van der Waals surface area (Å²) in [5, 5.41) is 9.14. The normalized spacial score (nSPS) is 17.5. The lowest BCUT2D eigenvalue weighted by Gasteiger charge is -2.34. The lowest BCUT2D eigenvalue weighted by molar-refractivity contribution is -0.153. The number of carbonyl (C=O) groups is 2. The van der Waals surface area contributed by atoms with Crippen molar-refractivity contribution < 1.29 is 28.9 Å². The summed E-state index contributed by atoms with van der Waals surface area (Å²) < 4.78 is 16.1. The van der Waals surface area contributed by atoms with Crippen LogP contribution in [0.3, 0.4) is 0 Å². The van der Waals surface area contributed by atoms with Gasteiger partial charge in [0, 0.05) is 11.1 Å². The molecule has 0 spiro atoms. The van der Waals surface area contributed by atoms with Gasteiger partial charge in [-0.1, -0.05) is 19.1 Å². The molecule has 0 radical (unpaired) electrons. The smallest absolute Gasteiger partial charge is 0.334 e. The molecular weight excluding hydrogens is 336 g/mol. The second kappa shape index (κ2) is 11.5. The van der Waals surface area contributed by atoms with Gasteiger partial charge in [-0.05, 0) is 52.0 Å². The van der Waals surface area contributed by atoms with Crippen molar-refractivity contribution in [2.45, 2.75) is 58.0 Å². The lowest BCUT2D eigenvalue weighted by atomic mass is 9.83. The van der Waals surface area contributed by atoms with E-state index in [1.807, 2.05) is 0 Å². The highest BCUT2D eigenvalue weighted by molar-refractivity contribution is 5.89. The van der Waals surface area contributed by atoms with E-state index in [2.05, 4.69) is 6.58 Å². The molecule has 1 fully saturated rings. The van der Waals surface area contributed by atoms with Crippen molar-refractivity contribution in [1.29, 1.82) is 0 Å². The number of hydrogen-bond donors (Lipinski definition) is 1. The van der Waals surface area contributed by atoms with Gasteiger partial charge in [-0.25, -0.2) is 9.59 Å². The predicted octanol–water partition coefficient (Wildman–Crippen LogP) is 3.78. The van der Waals surface area contributed by atoms with E-state index in [4.69, 9.17) is 19.3 Å². The van der Waals surface area contributed by atoms with Gasteiger partial charge in [0.1, 0.15) is 12.2 Å². The Morgan fingerprint density at radius 2 is 1.77 bits per heavy atom. The zero-order valence-corrected chi connectivity index (χ0v) is 15.8. The topological polar surface area (TPSA) is 82.1 Å². The molecule has 1 aliphatic carbocycles. The summed E-state index contributed by atoms with van der Waals surface area (Å²) in [4.78, 5) is 23.6. The molecule has 0 aliphatic heterocycles. The fourth-order valence-electron chi connectivity index (χ4n) is 2.88. The van der Waals surface area contributed by atoms with Gasteiger partial charge in [0.15, 0.2) is 0 Å². The van der Waals surface area contributed by atoms with Crippen molar-refractivity contribution in [1.82, 2.24) is 0 Å². The van der Waals surface area contributed by atoms with Crippen LogP contribution in [0.1, 0.15) is 52.4 Å². The van der Waals surface area contributed by atoms with E-state index in [0.717, 1.165) is 19.3 Å². The predicted molar refractivity (Wildman–Crippen MR) is 98.6 cm³/mol. The van der Waals surface area contributed by atoms with Crippen LogP contribution >= 0.6 is 0 Å². The first kappa shape index (κ1) is 22.0. The molecule has 26 heavy (non-hydrogen) atoms. The van der Waals surface area contributed by atoms with E-state index in [1.165, 1.54) is 13.2 Å². The molecule has 1 N–H and O–H groups in total. The molecule has 0 aromatic rings. The van der Waals surface area contributed by atoms with Gasteiger partial charge >= 0.3 is 11.9 Å². The summed E-state index contributed by atoms with van der Waals surface area (Å²) in [6.45, 7) is 8.07. The molecule has 1 aliphatic rings. The summed E-state index contributed by atoms with van der Waals surface area (Å²) in [6, 6.07) is 0. The molecular formula is C20H30O6. The van der Waals surface area contributed by atoms with E-state index in [9.17, 15) is 9.59 Å². The van der Waals surface area contributed by atoms with Crippen LogP contribution in [0.2, 0.25) is 0 Å². The summed E-state index contributed by atoms with van der Waals surface area (Å²) in [7, 11) is 0. The molecule has 0 aromatic carbocycles. The first-order valence-corrected chi connectivity index (χ1v) is 9.03. The maximum Gasteiger partial charge on any atom is 0.334 e. The summed E-state index contributed by atoms with van der Waals surface area (Å²) >= 11 is 0. The minimum atomic E-state index is -0.990. The number of aliphatic carboxylic acids is 1. The molecule has 146 valence electrons. The molecule has 0 saturated heterocycles. The fraction of sp³-hybridized carbons (Fsp3) is 0.600. The highest BCUT2D eigenvalue weighted by atomic mass is 16.6. The minimum Gasteiger partial charge on any atom is -0.499 e. The summed E-state index contributed by atoms with van der Waals surface area (Å²) in [5.41, 5.74) is -0.107. The van der Waals surface area contributed by atoms with Crippen molar-refractivity contribution in [3.05, 3.63) is 36.1 Å². The van der Waals surface area contributed by atoms with E-state index in [-0.39, 0.29) is 5.57 Å². The third kappa shape index (κ3) is 7.87. The van der Waals surface area contributed by atoms with Gasteiger partial charge in [-0.2, -0.15) is 0 Å². The van der Waals surface area contributed by atoms with Crippen molar-refractivity contribution in [3.8, 4) is 0 Å². The van der Waals surface area contributed by atoms with Crippen LogP contribution in [0.5, 0.6) is 0 Å². The Balaban J connectivity index is 2.59. The van der Waals surface area contributed by atoms with E-state index < -0.39 is 17.5 Å². The molecule has 6 heteroatoms. The Kier molecular flexibility index (Phi) is 9.73. The average Bonchev–Trinajstić information content (AvgIpc) is 2.61.